The minimum atomic E-state index is 0.0287. The van der Waals surface area contributed by atoms with Crippen molar-refractivity contribution >= 4 is 40.2 Å². The molecule has 2 aliphatic carbocycles. The molecule has 0 saturated heterocycles. The Labute approximate surface area is 300 Å². The smallest absolute Gasteiger partial charge is 0.256 e. The van der Waals surface area contributed by atoms with Crippen molar-refractivity contribution in [3.8, 4) is 22.6 Å². The van der Waals surface area contributed by atoms with E-state index in [0.29, 0.717) is 5.92 Å². The summed E-state index contributed by atoms with van der Waals surface area (Å²) in [5, 5.41) is 0. The average Bonchev–Trinajstić information content (AvgIpc) is 3.66. The molecule has 2 heterocycles. The standard InChI is InChI=1S/C47H50BNO/c1-27-24-37-43-39(25-27)50-38-23-17-30(46(5,6)7)26-36(38)48(43)35-22-21-34-41(44(35)49(37)31-18-15-29(16-19-31)45(2,3)4)33-20-14-28-12-11-13-32(28)40(33)42(34)47(8,9)10/h14-26,42H,11-13H2,1-10H3. The van der Waals surface area contributed by atoms with E-state index in [1.54, 1.807) is 16.7 Å². The minimum Gasteiger partial charge on any atom is -0.458 e. The van der Waals surface area contributed by atoms with Crippen LogP contribution in [0, 0.1) is 12.3 Å². The Balaban J connectivity index is 1.40. The minimum absolute atomic E-state index is 0.0287. The molecule has 4 aliphatic rings. The largest absolute Gasteiger partial charge is 0.458 e. The molecular weight excluding hydrogens is 605 g/mol. The van der Waals surface area contributed by atoms with E-state index in [4.69, 9.17) is 4.74 Å². The van der Waals surface area contributed by atoms with Gasteiger partial charge in [0, 0.05) is 28.5 Å². The van der Waals surface area contributed by atoms with E-state index in [0.717, 1.165) is 11.5 Å². The first-order chi connectivity index (χ1) is 23.6. The van der Waals surface area contributed by atoms with Gasteiger partial charge in [-0.15, -0.1) is 0 Å². The first kappa shape index (κ1) is 31.7. The summed E-state index contributed by atoms with van der Waals surface area (Å²) in [4.78, 5) is 2.60. The van der Waals surface area contributed by atoms with Crippen LogP contribution >= 0.6 is 0 Å². The summed E-state index contributed by atoms with van der Waals surface area (Å²) in [5.74, 6) is 2.31. The predicted octanol–water partition coefficient (Wildman–Crippen LogP) is 10.6. The predicted molar refractivity (Wildman–Crippen MR) is 213 cm³/mol. The summed E-state index contributed by atoms with van der Waals surface area (Å²) >= 11 is 0. The van der Waals surface area contributed by atoms with Gasteiger partial charge in [-0.1, -0.05) is 111 Å². The van der Waals surface area contributed by atoms with Crippen molar-refractivity contribution in [2.24, 2.45) is 5.41 Å². The van der Waals surface area contributed by atoms with Crippen molar-refractivity contribution in [1.29, 1.82) is 0 Å². The number of hydrogen-bond donors (Lipinski definition) is 0. The third kappa shape index (κ3) is 4.54. The molecule has 3 heteroatoms. The molecule has 50 heavy (non-hydrogen) atoms. The Morgan fingerprint density at radius 3 is 2.12 bits per heavy atom. The van der Waals surface area contributed by atoms with Crippen molar-refractivity contribution in [3.05, 3.63) is 118 Å². The van der Waals surface area contributed by atoms with Gasteiger partial charge in [-0.2, -0.15) is 0 Å². The Hall–Kier alpha value is -4.24. The molecule has 0 amide bonds. The van der Waals surface area contributed by atoms with E-state index in [9.17, 15) is 0 Å². The maximum atomic E-state index is 6.87. The molecule has 1 unspecified atom stereocenters. The van der Waals surface area contributed by atoms with Gasteiger partial charge in [0.1, 0.15) is 11.5 Å². The maximum Gasteiger partial charge on any atom is 0.256 e. The first-order valence-electron chi connectivity index (χ1n) is 18.8. The second-order valence-corrected chi connectivity index (χ2v) is 18.7. The SMILES string of the molecule is Cc1cc2c3c(c1)N(c1ccc(C(C)(C)C)cc1)c1c(ccc4c1-c1ccc5c(c1C4C(C)(C)C)CCC5)B3c1cc(C(C)(C)C)ccc1O2. The van der Waals surface area contributed by atoms with Crippen LogP contribution in [0.15, 0.2) is 78.9 Å². The zero-order valence-electron chi connectivity index (χ0n) is 31.6. The molecule has 252 valence electrons. The molecule has 1 atom stereocenters. The third-order valence-corrected chi connectivity index (χ3v) is 12.0. The highest BCUT2D eigenvalue weighted by molar-refractivity contribution is 6.99. The van der Waals surface area contributed by atoms with Crippen LogP contribution in [0.4, 0.5) is 17.1 Å². The summed E-state index contributed by atoms with van der Waals surface area (Å²) in [6, 6.07) is 30.9. The highest BCUT2D eigenvalue weighted by Crippen LogP contribution is 2.59. The summed E-state index contributed by atoms with van der Waals surface area (Å²) in [5.41, 5.74) is 20.9. The maximum absolute atomic E-state index is 6.87. The van der Waals surface area contributed by atoms with Gasteiger partial charge < -0.3 is 9.64 Å². The van der Waals surface area contributed by atoms with Gasteiger partial charge in [0.25, 0.3) is 6.71 Å². The molecule has 2 aliphatic heterocycles. The van der Waals surface area contributed by atoms with Gasteiger partial charge in [0.2, 0.25) is 0 Å². The van der Waals surface area contributed by atoms with Crippen molar-refractivity contribution in [2.45, 2.75) is 105 Å². The first-order valence-corrected chi connectivity index (χ1v) is 18.8. The van der Waals surface area contributed by atoms with Crippen LogP contribution in [0.3, 0.4) is 0 Å². The number of benzene rings is 5. The number of nitrogens with zero attached hydrogens (tertiary/aromatic N) is 1. The number of aryl methyl sites for hydroxylation is 2. The van der Waals surface area contributed by atoms with Gasteiger partial charge in [-0.3, -0.25) is 0 Å². The molecule has 0 bridgehead atoms. The van der Waals surface area contributed by atoms with E-state index in [2.05, 4.69) is 153 Å². The Morgan fingerprint density at radius 2 is 1.42 bits per heavy atom. The summed E-state index contributed by atoms with van der Waals surface area (Å²) in [6.07, 6.45) is 3.64. The molecule has 0 aromatic heterocycles. The normalized spacial score (nSPS) is 17.0. The second-order valence-electron chi connectivity index (χ2n) is 18.7. The lowest BCUT2D eigenvalue weighted by Crippen LogP contribution is -2.60. The fraction of sp³-hybridized carbons (Fsp3) is 0.362. The fourth-order valence-corrected chi connectivity index (χ4v) is 9.65. The molecule has 0 radical (unpaired) electrons. The highest BCUT2D eigenvalue weighted by atomic mass is 16.5. The Bertz CT molecular complexity index is 2240. The molecule has 0 spiro atoms. The van der Waals surface area contributed by atoms with Crippen molar-refractivity contribution in [3.63, 3.8) is 0 Å². The average molecular weight is 656 g/mol. The molecule has 2 nitrogen and oxygen atoms in total. The van der Waals surface area contributed by atoms with Crippen molar-refractivity contribution in [1.82, 2.24) is 0 Å². The summed E-state index contributed by atoms with van der Waals surface area (Å²) < 4.78 is 6.87. The topological polar surface area (TPSA) is 12.5 Å². The molecule has 5 aromatic rings. The number of hydrogen-bond acceptors (Lipinski definition) is 2. The molecule has 0 fully saturated rings. The Morgan fingerprint density at radius 1 is 0.700 bits per heavy atom. The summed E-state index contributed by atoms with van der Waals surface area (Å²) in [7, 11) is 0. The quantitative estimate of drug-likeness (QED) is 0.163. The van der Waals surface area contributed by atoms with Crippen LogP contribution < -0.4 is 26.0 Å². The second kappa shape index (κ2) is 10.4. The monoisotopic (exact) mass is 655 g/mol. The lowest BCUT2D eigenvalue weighted by atomic mass is 9.33. The van der Waals surface area contributed by atoms with E-state index in [1.165, 1.54) is 86.1 Å². The van der Waals surface area contributed by atoms with Crippen molar-refractivity contribution < 1.29 is 4.74 Å². The highest BCUT2D eigenvalue weighted by Gasteiger charge is 2.47. The number of ether oxygens (including phenoxy) is 1. The van der Waals surface area contributed by atoms with Crippen LogP contribution in [0.2, 0.25) is 0 Å². The molecular formula is C47H50BNO. The van der Waals surface area contributed by atoms with Crippen molar-refractivity contribution in [2.75, 3.05) is 4.90 Å². The fourth-order valence-electron chi connectivity index (χ4n) is 9.65. The summed E-state index contributed by atoms with van der Waals surface area (Å²) in [6.45, 7) is 23.5. The van der Waals surface area contributed by atoms with E-state index < -0.39 is 0 Å². The van der Waals surface area contributed by atoms with Gasteiger partial charge in [0.05, 0.1) is 0 Å². The van der Waals surface area contributed by atoms with Gasteiger partial charge in [-0.25, -0.2) is 0 Å². The molecule has 0 N–H and O–H groups in total. The van der Waals surface area contributed by atoms with E-state index >= 15 is 0 Å². The van der Waals surface area contributed by atoms with Crippen LogP contribution in [-0.2, 0) is 23.7 Å². The van der Waals surface area contributed by atoms with Gasteiger partial charge in [-0.05, 0) is 134 Å². The van der Waals surface area contributed by atoms with Gasteiger partial charge >= 0.3 is 0 Å². The number of anilines is 3. The van der Waals surface area contributed by atoms with Crippen LogP contribution in [0.5, 0.6) is 11.5 Å². The number of rotatable bonds is 1. The van der Waals surface area contributed by atoms with Crippen LogP contribution in [-0.4, -0.2) is 6.71 Å². The lowest BCUT2D eigenvalue weighted by Gasteiger charge is -2.42. The zero-order chi connectivity index (χ0) is 35.1. The number of fused-ring (bicyclic) bond motifs is 10. The molecule has 9 rings (SSSR count). The Kier molecular flexibility index (Phi) is 6.60. The van der Waals surface area contributed by atoms with Crippen LogP contribution in [0.25, 0.3) is 11.1 Å². The molecule has 0 saturated carbocycles. The van der Waals surface area contributed by atoms with Gasteiger partial charge in [0.15, 0.2) is 0 Å². The van der Waals surface area contributed by atoms with E-state index in [-0.39, 0.29) is 23.0 Å². The van der Waals surface area contributed by atoms with E-state index in [1.807, 2.05) is 0 Å². The lowest BCUT2D eigenvalue weighted by molar-refractivity contribution is 0.362. The zero-order valence-corrected chi connectivity index (χ0v) is 31.6. The molecule has 5 aromatic carbocycles. The third-order valence-electron chi connectivity index (χ3n) is 12.0. The van der Waals surface area contributed by atoms with Crippen LogP contribution in [0.1, 0.15) is 114 Å².